The van der Waals surface area contributed by atoms with E-state index in [-0.39, 0.29) is 11.3 Å². The lowest BCUT2D eigenvalue weighted by atomic mass is 10.2. The Bertz CT molecular complexity index is 644. The van der Waals surface area contributed by atoms with E-state index in [0.717, 1.165) is 10.9 Å². The van der Waals surface area contributed by atoms with Crippen LogP contribution >= 0.6 is 31.9 Å². The Balaban J connectivity index is 2.71. The van der Waals surface area contributed by atoms with Crippen LogP contribution in [0.1, 0.15) is 19.2 Å². The summed E-state index contributed by atoms with van der Waals surface area (Å²) in [6.45, 7) is 2.46. The number of aromatic nitrogens is 2. The lowest BCUT2D eigenvalue weighted by molar-refractivity contribution is -0.144. The summed E-state index contributed by atoms with van der Waals surface area (Å²) in [5.74, 6) is -0.960. The molecular weight excluding hydrogens is 403 g/mol. The van der Waals surface area contributed by atoms with Crippen LogP contribution in [-0.2, 0) is 6.18 Å². The largest absolute Gasteiger partial charge is 0.451 e. The number of alkyl halides is 3. The van der Waals surface area contributed by atoms with Gasteiger partial charge in [0.15, 0.2) is 0 Å². The highest BCUT2D eigenvalue weighted by Gasteiger charge is 2.35. The molecule has 0 aliphatic carbocycles. The van der Waals surface area contributed by atoms with Crippen molar-refractivity contribution in [3.8, 4) is 0 Å². The van der Waals surface area contributed by atoms with Crippen LogP contribution in [0.5, 0.6) is 0 Å². The van der Waals surface area contributed by atoms with Crippen LogP contribution in [0.3, 0.4) is 0 Å². The maximum atomic E-state index is 12.9. The van der Waals surface area contributed by atoms with Crippen molar-refractivity contribution >= 4 is 48.6 Å². The molecule has 20 heavy (non-hydrogen) atoms. The van der Waals surface area contributed by atoms with E-state index < -0.39 is 12.0 Å². The molecule has 0 fully saturated rings. The molecule has 0 amide bonds. The van der Waals surface area contributed by atoms with Crippen molar-refractivity contribution in [2.24, 2.45) is 0 Å². The fraction of sp³-hybridized carbons (Fsp3) is 0.333. The lowest BCUT2D eigenvalue weighted by Crippen LogP contribution is -2.14. The van der Waals surface area contributed by atoms with E-state index in [0.29, 0.717) is 16.4 Å². The number of nitrogens with zero attached hydrogens (tertiary/aromatic N) is 2. The Hall–Kier alpha value is -0.890. The average molecular weight is 413 g/mol. The summed E-state index contributed by atoms with van der Waals surface area (Å²) in [5, 5.41) is 3.45. The summed E-state index contributed by atoms with van der Waals surface area (Å²) in [4.78, 5) is 7.22. The third kappa shape index (κ3) is 3.22. The third-order valence-electron chi connectivity index (χ3n) is 2.51. The molecule has 108 valence electrons. The molecule has 0 saturated heterocycles. The van der Waals surface area contributed by atoms with Crippen LogP contribution < -0.4 is 5.32 Å². The van der Waals surface area contributed by atoms with E-state index in [9.17, 15) is 13.2 Å². The Morgan fingerprint density at radius 2 is 1.90 bits per heavy atom. The van der Waals surface area contributed by atoms with Crippen molar-refractivity contribution in [1.82, 2.24) is 9.97 Å². The van der Waals surface area contributed by atoms with Gasteiger partial charge in [-0.05, 0) is 34.5 Å². The monoisotopic (exact) mass is 411 g/mol. The van der Waals surface area contributed by atoms with Crippen molar-refractivity contribution in [3.05, 3.63) is 26.9 Å². The summed E-state index contributed by atoms with van der Waals surface area (Å²) < 4.78 is 39.8. The van der Waals surface area contributed by atoms with Crippen molar-refractivity contribution in [2.45, 2.75) is 19.5 Å². The molecule has 0 saturated carbocycles. The zero-order valence-electron chi connectivity index (χ0n) is 10.4. The highest BCUT2D eigenvalue weighted by molar-refractivity contribution is 9.11. The number of rotatable bonds is 3. The fourth-order valence-electron chi connectivity index (χ4n) is 1.66. The van der Waals surface area contributed by atoms with Crippen LogP contribution in [0.4, 0.5) is 19.0 Å². The topological polar surface area (TPSA) is 37.8 Å². The van der Waals surface area contributed by atoms with E-state index in [2.05, 4.69) is 47.1 Å². The van der Waals surface area contributed by atoms with Gasteiger partial charge in [0.25, 0.3) is 0 Å². The maximum Gasteiger partial charge on any atom is 0.451 e. The molecule has 2 rings (SSSR count). The summed E-state index contributed by atoms with van der Waals surface area (Å²) in [6, 6.07) is 3.34. The summed E-state index contributed by atoms with van der Waals surface area (Å²) >= 11 is 6.54. The Morgan fingerprint density at radius 1 is 1.20 bits per heavy atom. The molecular formula is C12H10Br2F3N3. The summed E-state index contributed by atoms with van der Waals surface area (Å²) in [7, 11) is 0. The molecule has 1 N–H and O–H groups in total. The van der Waals surface area contributed by atoms with Gasteiger partial charge in [-0.15, -0.1) is 0 Å². The van der Waals surface area contributed by atoms with Gasteiger partial charge in [0.2, 0.25) is 5.82 Å². The zero-order chi connectivity index (χ0) is 14.9. The number of hydrogen-bond donors (Lipinski definition) is 1. The lowest BCUT2D eigenvalue weighted by Gasteiger charge is -2.13. The molecule has 8 heteroatoms. The molecule has 0 spiro atoms. The minimum Gasteiger partial charge on any atom is -0.369 e. The molecule has 0 atom stereocenters. The van der Waals surface area contributed by atoms with Gasteiger partial charge in [0, 0.05) is 20.9 Å². The first-order valence-electron chi connectivity index (χ1n) is 5.80. The molecule has 0 aliphatic rings. The molecule has 0 bridgehead atoms. The van der Waals surface area contributed by atoms with Gasteiger partial charge in [-0.25, -0.2) is 9.97 Å². The Labute approximate surface area is 130 Å². The zero-order valence-corrected chi connectivity index (χ0v) is 13.5. The van der Waals surface area contributed by atoms with Gasteiger partial charge < -0.3 is 5.32 Å². The number of hydrogen-bond acceptors (Lipinski definition) is 3. The number of nitrogens with one attached hydrogen (secondary N) is 1. The molecule has 0 aliphatic heterocycles. The molecule has 0 unspecified atom stereocenters. The predicted molar refractivity (Wildman–Crippen MR) is 78.7 cm³/mol. The molecule has 0 radical (unpaired) electrons. The van der Waals surface area contributed by atoms with Crippen LogP contribution in [0.15, 0.2) is 21.1 Å². The molecule has 3 nitrogen and oxygen atoms in total. The minimum atomic E-state index is -4.58. The van der Waals surface area contributed by atoms with Crippen molar-refractivity contribution in [1.29, 1.82) is 0 Å². The van der Waals surface area contributed by atoms with Gasteiger partial charge in [-0.2, -0.15) is 13.2 Å². The van der Waals surface area contributed by atoms with Crippen LogP contribution in [0.2, 0.25) is 0 Å². The SMILES string of the molecule is CCCNc1nc(C(F)(F)F)nc2c(Br)cc(Br)cc12. The van der Waals surface area contributed by atoms with Gasteiger partial charge >= 0.3 is 6.18 Å². The summed E-state index contributed by atoms with van der Waals surface area (Å²) in [5.41, 5.74) is 0.231. The van der Waals surface area contributed by atoms with Gasteiger partial charge in [-0.3, -0.25) is 0 Å². The normalized spacial score (nSPS) is 11.9. The van der Waals surface area contributed by atoms with Crippen LogP contribution in [-0.4, -0.2) is 16.5 Å². The van der Waals surface area contributed by atoms with E-state index in [1.807, 2.05) is 6.92 Å². The molecule has 1 aromatic heterocycles. The van der Waals surface area contributed by atoms with E-state index in [1.54, 1.807) is 12.1 Å². The number of halogens is 5. The van der Waals surface area contributed by atoms with E-state index in [1.165, 1.54) is 0 Å². The van der Waals surface area contributed by atoms with Gasteiger partial charge in [0.05, 0.1) is 5.52 Å². The first kappa shape index (κ1) is 15.5. The van der Waals surface area contributed by atoms with E-state index in [4.69, 9.17) is 0 Å². The first-order valence-corrected chi connectivity index (χ1v) is 7.39. The highest BCUT2D eigenvalue weighted by Crippen LogP contribution is 2.34. The van der Waals surface area contributed by atoms with Gasteiger partial charge in [-0.1, -0.05) is 22.9 Å². The smallest absolute Gasteiger partial charge is 0.369 e. The Morgan fingerprint density at radius 3 is 2.50 bits per heavy atom. The molecule has 1 aromatic carbocycles. The second-order valence-corrected chi connectivity index (χ2v) is 5.87. The van der Waals surface area contributed by atoms with Crippen LogP contribution in [0.25, 0.3) is 10.9 Å². The molecule has 2 aromatic rings. The first-order chi connectivity index (χ1) is 9.32. The van der Waals surface area contributed by atoms with Crippen LogP contribution in [0, 0.1) is 0 Å². The fourth-order valence-corrected chi connectivity index (χ4v) is 2.98. The number of anilines is 1. The highest BCUT2D eigenvalue weighted by atomic mass is 79.9. The Kier molecular flexibility index (Phi) is 4.53. The number of fused-ring (bicyclic) bond motifs is 1. The second-order valence-electron chi connectivity index (χ2n) is 4.10. The standard InChI is InChI=1S/C12H10Br2F3N3/c1-2-3-18-10-7-4-6(13)5-8(14)9(7)19-11(20-10)12(15,16)17/h4-5H,2-3H2,1H3,(H,18,19,20). The second kappa shape index (κ2) is 5.85. The van der Waals surface area contributed by atoms with E-state index >= 15 is 0 Å². The minimum absolute atomic E-state index is 0.186. The third-order valence-corrected chi connectivity index (χ3v) is 3.58. The maximum absolute atomic E-state index is 12.9. The van der Waals surface area contributed by atoms with Crippen molar-refractivity contribution < 1.29 is 13.2 Å². The van der Waals surface area contributed by atoms with Crippen molar-refractivity contribution in [3.63, 3.8) is 0 Å². The number of benzene rings is 1. The predicted octanol–water partition coefficient (Wildman–Crippen LogP) is 5.00. The van der Waals surface area contributed by atoms with Crippen molar-refractivity contribution in [2.75, 3.05) is 11.9 Å². The molecule has 1 heterocycles. The van der Waals surface area contributed by atoms with Gasteiger partial charge in [0.1, 0.15) is 5.82 Å². The quantitative estimate of drug-likeness (QED) is 0.771. The summed E-state index contributed by atoms with van der Waals surface area (Å²) in [6.07, 6.45) is -3.80. The average Bonchev–Trinajstić information content (AvgIpc) is 2.34.